The van der Waals surface area contributed by atoms with Crippen LogP contribution in [0.2, 0.25) is 0 Å². The molecule has 0 saturated carbocycles. The van der Waals surface area contributed by atoms with Crippen molar-refractivity contribution < 1.29 is 28.5 Å². The monoisotopic (exact) mass is 1090 g/mol. The summed E-state index contributed by atoms with van der Waals surface area (Å²) in [5.41, 5.74) is 11.5. The van der Waals surface area contributed by atoms with Gasteiger partial charge in [0.05, 0.1) is 20.8 Å². The molecule has 1 N–H and O–H groups in total. The van der Waals surface area contributed by atoms with Gasteiger partial charge in [-0.15, -0.1) is 11.8 Å². The largest absolute Gasteiger partial charge is 0.497 e. The summed E-state index contributed by atoms with van der Waals surface area (Å²) in [6.07, 6.45) is 2.79. The van der Waals surface area contributed by atoms with E-state index in [2.05, 4.69) is 221 Å². The average Bonchev–Trinajstić information content (AvgIpc) is 3.35. The Morgan fingerprint density at radius 1 is 0.487 bits per heavy atom. The number of nitrogens with zero attached hydrogens (tertiary/aromatic N) is 1. The molecule has 430 valence electrons. The molecule has 0 radical (unpaired) electrons. The van der Waals surface area contributed by atoms with E-state index >= 15 is 0 Å². The molecule has 0 spiro atoms. The minimum Gasteiger partial charge on any atom is -0.497 e. The maximum atomic E-state index is 13.3. The molecule has 0 heterocycles. The molecule has 0 aromatic heterocycles. The van der Waals surface area contributed by atoms with Crippen molar-refractivity contribution in [1.29, 1.82) is 0 Å². The van der Waals surface area contributed by atoms with Crippen molar-refractivity contribution in [2.45, 2.75) is 182 Å². The average molecular weight is 1090 g/mol. The van der Waals surface area contributed by atoms with Gasteiger partial charge < -0.3 is 24.2 Å². The summed E-state index contributed by atoms with van der Waals surface area (Å²) in [4.78, 5) is 13.8. The fraction of sp³-hybridized carbons (Fsp3) is 0.471. The summed E-state index contributed by atoms with van der Waals surface area (Å²) >= 11 is 1.79. The molecule has 0 fully saturated rings. The van der Waals surface area contributed by atoms with Crippen LogP contribution in [0.5, 0.6) is 17.2 Å². The molecule has 0 saturated heterocycles. The molecule has 6 aromatic carbocycles. The first-order valence-electron chi connectivity index (χ1n) is 27.3. The Bertz CT molecular complexity index is 2540. The zero-order valence-corrected chi connectivity index (χ0v) is 53.5. The highest BCUT2D eigenvalue weighted by molar-refractivity contribution is 7.98. The highest BCUT2D eigenvalue weighted by Gasteiger charge is 2.18. The van der Waals surface area contributed by atoms with Gasteiger partial charge in [-0.05, 0) is 146 Å². The number of anilines is 1. The lowest BCUT2D eigenvalue weighted by atomic mass is 9.87. The minimum absolute atomic E-state index is 0.0207. The van der Waals surface area contributed by atoms with Crippen molar-refractivity contribution in [2.75, 3.05) is 46.1 Å². The molecule has 0 aliphatic heterocycles. The molecule has 6 nitrogen and oxygen atoms in total. The fourth-order valence-corrected chi connectivity index (χ4v) is 7.50. The second-order valence-electron chi connectivity index (χ2n) is 26.0. The van der Waals surface area contributed by atoms with Crippen molar-refractivity contribution >= 4 is 23.4 Å². The number of thioether (sulfide) groups is 1. The molecule has 0 bridgehead atoms. The second kappa shape index (κ2) is 31.8. The van der Waals surface area contributed by atoms with Crippen LogP contribution in [0.1, 0.15) is 176 Å². The van der Waals surface area contributed by atoms with Crippen LogP contribution < -0.4 is 19.1 Å². The smallest absolute Gasteiger partial charge is 0.303 e. The van der Waals surface area contributed by atoms with Crippen molar-refractivity contribution in [3.63, 3.8) is 0 Å². The van der Waals surface area contributed by atoms with Crippen LogP contribution in [0.15, 0.2) is 144 Å². The molecule has 0 unspecified atom stereocenters. The number of carboxylic acid groups (broad SMARTS) is 1. The maximum Gasteiger partial charge on any atom is 0.303 e. The zero-order valence-electron chi connectivity index (χ0n) is 52.7. The first kappa shape index (κ1) is 70.3. The number of methoxy groups -OCH3 is 2. The Morgan fingerprint density at radius 2 is 0.821 bits per heavy atom. The molecule has 6 aromatic rings. The normalized spacial score (nSPS) is 11.4. The number of carboxylic acids is 1. The predicted octanol–water partition coefficient (Wildman–Crippen LogP) is 19.4. The van der Waals surface area contributed by atoms with Crippen molar-refractivity contribution in [3.8, 4) is 17.2 Å². The Kier molecular flexibility index (Phi) is 28.6. The van der Waals surface area contributed by atoms with Crippen LogP contribution in [-0.4, -0.2) is 52.3 Å². The van der Waals surface area contributed by atoms with E-state index in [0.717, 1.165) is 17.1 Å². The van der Waals surface area contributed by atoms with Crippen molar-refractivity contribution in [3.05, 3.63) is 184 Å². The van der Waals surface area contributed by atoms with Crippen molar-refractivity contribution in [2.24, 2.45) is 0 Å². The van der Waals surface area contributed by atoms with Gasteiger partial charge >= 0.3 is 5.97 Å². The van der Waals surface area contributed by atoms with Gasteiger partial charge in [0.25, 0.3) is 0 Å². The number of aliphatic carboxylic acids is 1. The number of ether oxygens (including phenoxy) is 3. The van der Waals surface area contributed by atoms with Gasteiger partial charge in [-0.1, -0.05) is 209 Å². The summed E-state index contributed by atoms with van der Waals surface area (Å²) in [5.74, 6) is 0.936. The first-order valence-corrected chi connectivity index (χ1v) is 28.5. The molecule has 0 aliphatic carbocycles. The lowest BCUT2D eigenvalue weighted by Gasteiger charge is -2.20. The number of benzene rings is 6. The molecule has 78 heavy (non-hydrogen) atoms. The molecular weight excluding hydrogens is 986 g/mol. The number of carbonyl (C=O) groups is 1. The van der Waals surface area contributed by atoms with Gasteiger partial charge in [-0.25, -0.2) is 4.39 Å². The highest BCUT2D eigenvalue weighted by Crippen LogP contribution is 2.29. The van der Waals surface area contributed by atoms with E-state index in [9.17, 15) is 9.18 Å². The molecule has 6 rings (SSSR count). The van der Waals surface area contributed by atoms with Gasteiger partial charge in [0, 0.05) is 31.1 Å². The van der Waals surface area contributed by atoms with Crippen molar-refractivity contribution in [1.82, 2.24) is 0 Å². The van der Waals surface area contributed by atoms with Gasteiger partial charge in [0.1, 0.15) is 11.5 Å². The van der Waals surface area contributed by atoms with E-state index in [4.69, 9.17) is 19.3 Å². The third kappa shape index (κ3) is 27.7. The van der Waals surface area contributed by atoms with Gasteiger partial charge in [-0.3, -0.25) is 4.79 Å². The highest BCUT2D eigenvalue weighted by atomic mass is 32.2. The third-order valence-corrected chi connectivity index (χ3v) is 13.4. The fourth-order valence-electron chi connectivity index (χ4n) is 7.09. The Morgan fingerprint density at radius 3 is 1.13 bits per heavy atom. The van der Waals surface area contributed by atoms with E-state index in [1.54, 1.807) is 24.9 Å². The van der Waals surface area contributed by atoms with Crippen LogP contribution in [-0.2, 0) is 37.3 Å². The first-order chi connectivity index (χ1) is 35.8. The predicted molar refractivity (Wildman–Crippen MR) is 337 cm³/mol. The quantitative estimate of drug-likeness (QED) is 0.114. The minimum atomic E-state index is -0.781. The molecule has 0 atom stereocenters. The molecular formula is C70H102FNO5S. The SMILES string of the molecule is CC(C)(C)c1ccc(OCCCC(=O)O)cc1.CN(C)c1ccc(C(C)(C)C)cc1.COc1ccc(C(C)(C)C)cc1.COc1ccc(C(C)(C)C)cc1F.CSc1ccc(C(C)(C)C)cc1.Cc1ccc(C(C)(C)C)cc1. The summed E-state index contributed by atoms with van der Waals surface area (Å²) < 4.78 is 28.6. The van der Waals surface area contributed by atoms with Crippen LogP contribution in [0.25, 0.3) is 0 Å². The van der Waals surface area contributed by atoms with E-state index in [0.29, 0.717) is 18.8 Å². The topological polar surface area (TPSA) is 68.2 Å². The zero-order chi connectivity index (χ0) is 59.9. The Balaban J connectivity index is 0.000000471. The van der Waals surface area contributed by atoms with E-state index in [1.807, 2.05) is 63.2 Å². The lowest BCUT2D eigenvalue weighted by molar-refractivity contribution is -0.137. The molecule has 8 heteroatoms. The third-order valence-electron chi connectivity index (χ3n) is 12.6. The maximum absolute atomic E-state index is 13.3. The standard InChI is InChI=1S/C14H20O3.C12H19N.C11H15FO.C11H16O.C11H16S.C11H16/c1-14(2,3)11-6-8-12(9-7-11)17-10-4-5-13(15)16;1-12(2,3)10-6-8-11(9-7-10)13(4)5;1-11(2,3)8-5-6-10(13-4)9(12)7-8;2*1-11(2,3)9-5-7-10(12-4)8-6-9;1-9-5-7-10(8-6-9)11(2,3)4/h6-9H,4-5,10H2,1-3H3,(H,15,16);6-9H,1-5H3;5-7H,1-4H3;2*5-8H,1-4H3;5-8H,1-4H3. The number of rotatable bonds is 9. The number of aryl methyl sites for hydroxylation is 1. The number of hydrogen-bond donors (Lipinski definition) is 1. The summed E-state index contributed by atoms with van der Waals surface area (Å²) in [6, 6.07) is 47.5. The van der Waals surface area contributed by atoms with E-state index < -0.39 is 5.97 Å². The Labute approximate surface area is 478 Å². The summed E-state index contributed by atoms with van der Waals surface area (Å²) in [6.45, 7) is 41.9. The second-order valence-corrected chi connectivity index (χ2v) is 26.9. The molecule has 0 amide bonds. The van der Waals surface area contributed by atoms with Gasteiger partial charge in [0.15, 0.2) is 11.6 Å². The number of halogens is 1. The van der Waals surface area contributed by atoms with Crippen LogP contribution >= 0.6 is 11.8 Å². The number of hydrogen-bond acceptors (Lipinski definition) is 6. The van der Waals surface area contributed by atoms with Crippen LogP contribution in [0.3, 0.4) is 0 Å². The summed E-state index contributed by atoms with van der Waals surface area (Å²) in [5, 5.41) is 8.48. The van der Waals surface area contributed by atoms with Gasteiger partial charge in [-0.2, -0.15) is 0 Å². The lowest BCUT2D eigenvalue weighted by Crippen LogP contribution is -2.12. The summed E-state index contributed by atoms with van der Waals surface area (Å²) in [7, 11) is 7.28. The molecule has 0 aliphatic rings. The van der Waals surface area contributed by atoms with Crippen LogP contribution in [0.4, 0.5) is 10.1 Å². The van der Waals surface area contributed by atoms with Crippen LogP contribution in [0, 0.1) is 12.7 Å². The Hall–Kier alpha value is -5.73. The van der Waals surface area contributed by atoms with Gasteiger partial charge in [0.2, 0.25) is 0 Å². The van der Waals surface area contributed by atoms with E-state index in [-0.39, 0.29) is 44.7 Å². The van der Waals surface area contributed by atoms with E-state index in [1.165, 1.54) is 57.1 Å².